The highest BCUT2D eigenvalue weighted by molar-refractivity contribution is 6.31. The van der Waals surface area contributed by atoms with Gasteiger partial charge in [-0.3, -0.25) is 19.2 Å². The zero-order valence-electron chi connectivity index (χ0n) is 24.9. The van der Waals surface area contributed by atoms with Crippen LogP contribution in [0.15, 0.2) is 96.3 Å². The number of hydrogen-bond donors (Lipinski definition) is 5. The predicted octanol–water partition coefficient (Wildman–Crippen LogP) is 5.54. The first kappa shape index (κ1) is 31.5. The van der Waals surface area contributed by atoms with Gasteiger partial charge < -0.3 is 25.5 Å². The van der Waals surface area contributed by atoms with Crippen LogP contribution in [0.2, 0.25) is 10.0 Å². The summed E-state index contributed by atoms with van der Waals surface area (Å²) in [6, 6.07) is 17.6. The molecule has 4 unspecified atom stereocenters. The lowest BCUT2D eigenvalue weighted by molar-refractivity contribution is -0.149. The zero-order chi connectivity index (χ0) is 33.7. The molecular weight excluding hydrogens is 655 g/mol. The molecule has 48 heavy (non-hydrogen) atoms. The van der Waals surface area contributed by atoms with Crippen molar-refractivity contribution < 1.29 is 29.4 Å². The van der Waals surface area contributed by atoms with E-state index in [1.54, 1.807) is 78.9 Å². The number of H-pyrrole nitrogens is 2. The summed E-state index contributed by atoms with van der Waals surface area (Å²) in [5.74, 6) is -5.39. The average molecular weight is 682 g/mol. The third kappa shape index (κ3) is 5.48. The number of aromatic nitrogens is 2. The number of anilines is 1. The molecule has 0 bridgehead atoms. The second-order valence-corrected chi connectivity index (χ2v) is 12.5. The van der Waals surface area contributed by atoms with E-state index in [1.807, 2.05) is 0 Å². The summed E-state index contributed by atoms with van der Waals surface area (Å²) in [5, 5.41) is 27.1. The first-order valence-electron chi connectivity index (χ1n) is 15.0. The number of rotatable bonds is 5. The van der Waals surface area contributed by atoms with Gasteiger partial charge in [-0.2, -0.15) is 0 Å². The van der Waals surface area contributed by atoms with Crippen molar-refractivity contribution in [1.82, 2.24) is 9.97 Å². The van der Waals surface area contributed by atoms with Crippen LogP contribution in [0.3, 0.4) is 0 Å². The monoisotopic (exact) mass is 680 g/mol. The number of aliphatic imine (C=N–C) groups is 1. The lowest BCUT2D eigenvalue weighted by Crippen LogP contribution is -2.51. The van der Waals surface area contributed by atoms with Gasteiger partial charge in [0.15, 0.2) is 11.6 Å². The highest BCUT2D eigenvalue weighted by atomic mass is 35.5. The third-order valence-corrected chi connectivity index (χ3v) is 9.25. The molecule has 2 amide bonds. The Morgan fingerprint density at radius 1 is 0.792 bits per heavy atom. The van der Waals surface area contributed by atoms with Crippen LogP contribution in [0.25, 0.3) is 10.9 Å². The second kappa shape index (κ2) is 12.5. The van der Waals surface area contributed by atoms with Gasteiger partial charge in [0.05, 0.1) is 23.2 Å². The van der Waals surface area contributed by atoms with Crippen molar-refractivity contribution in [1.29, 1.82) is 0 Å². The van der Waals surface area contributed by atoms with Crippen molar-refractivity contribution in [2.45, 2.75) is 30.5 Å². The number of nitrogens with zero attached hydrogens (tertiary/aromatic N) is 1. The standard InChI is InChI=1S/C36H26Cl2N4O6/c37-19-11-7-17(8-12-19)35(47)41-25-5-1-3-23-27(25)21(15-39-23)29-31(43)33(45)30(34(46)32(29)44)22-16-40-24-4-2-6-26(28(22)24)42-36(48)18-9-13-20(38)14-10-18/h1-3,5-16,29-31,34,39-40,43,46H,4H2,(H,41,47). The molecule has 1 saturated carbocycles. The number of Topliss-reactive ketones (excluding diaryl/α,β-unsaturated/α-hetero) is 2. The van der Waals surface area contributed by atoms with Gasteiger partial charge in [-0.05, 0) is 77.9 Å². The van der Waals surface area contributed by atoms with Gasteiger partial charge in [0.2, 0.25) is 0 Å². The van der Waals surface area contributed by atoms with Crippen molar-refractivity contribution >= 4 is 68.9 Å². The van der Waals surface area contributed by atoms with Gasteiger partial charge in [-0.1, -0.05) is 35.3 Å². The topological polar surface area (TPSA) is 165 Å². The van der Waals surface area contributed by atoms with Crippen LogP contribution in [0, 0.1) is 0 Å². The molecule has 7 rings (SSSR count). The van der Waals surface area contributed by atoms with Crippen LogP contribution < -0.4 is 5.32 Å². The summed E-state index contributed by atoms with van der Waals surface area (Å²) in [7, 11) is 0. The summed E-state index contributed by atoms with van der Waals surface area (Å²) >= 11 is 11.9. The van der Waals surface area contributed by atoms with E-state index in [4.69, 9.17) is 23.2 Å². The fourth-order valence-corrected chi connectivity index (χ4v) is 6.69. The average Bonchev–Trinajstić information content (AvgIpc) is 3.71. The maximum Gasteiger partial charge on any atom is 0.277 e. The normalized spacial score (nSPS) is 21.5. The lowest BCUT2D eigenvalue weighted by atomic mass is 9.70. The largest absolute Gasteiger partial charge is 0.384 e. The Kier molecular flexibility index (Phi) is 8.18. The van der Waals surface area contributed by atoms with Crippen LogP contribution in [-0.4, -0.2) is 61.5 Å². The maximum absolute atomic E-state index is 14.0. The van der Waals surface area contributed by atoms with Gasteiger partial charge in [-0.25, -0.2) is 4.99 Å². The molecule has 2 heterocycles. The Bertz CT molecular complexity index is 2180. The molecule has 4 atom stereocenters. The molecule has 5 aromatic rings. The number of halogens is 2. The highest BCUT2D eigenvalue weighted by Crippen LogP contribution is 2.42. The smallest absolute Gasteiger partial charge is 0.277 e. The van der Waals surface area contributed by atoms with E-state index >= 15 is 0 Å². The Morgan fingerprint density at radius 3 is 2.06 bits per heavy atom. The number of benzene rings is 3. The molecule has 3 aromatic carbocycles. The molecule has 5 N–H and O–H groups in total. The molecule has 240 valence electrons. The molecular formula is C36H26Cl2N4O6. The van der Waals surface area contributed by atoms with Crippen LogP contribution >= 0.6 is 23.2 Å². The van der Waals surface area contributed by atoms with Crippen molar-refractivity contribution in [2.75, 3.05) is 5.32 Å². The number of fused-ring (bicyclic) bond motifs is 2. The lowest BCUT2D eigenvalue weighted by Gasteiger charge is -2.35. The number of aromatic amines is 2. The van der Waals surface area contributed by atoms with E-state index in [2.05, 4.69) is 20.3 Å². The minimum Gasteiger partial charge on any atom is -0.384 e. The Balaban J connectivity index is 1.22. The van der Waals surface area contributed by atoms with E-state index in [0.717, 1.165) is 0 Å². The van der Waals surface area contributed by atoms with Gasteiger partial charge in [-0.15, -0.1) is 0 Å². The Labute approximate surface area is 283 Å². The number of ketones is 2. The van der Waals surface area contributed by atoms with Gasteiger partial charge in [0, 0.05) is 62.1 Å². The molecule has 1 fully saturated rings. The number of aliphatic hydroxyl groups excluding tert-OH is 2. The summed E-state index contributed by atoms with van der Waals surface area (Å²) in [6.45, 7) is 0. The molecule has 10 nitrogen and oxygen atoms in total. The molecule has 2 aliphatic carbocycles. The third-order valence-electron chi connectivity index (χ3n) is 8.75. The van der Waals surface area contributed by atoms with E-state index in [0.29, 0.717) is 55.4 Å². The van der Waals surface area contributed by atoms with Gasteiger partial charge in [0.1, 0.15) is 12.2 Å². The zero-order valence-corrected chi connectivity index (χ0v) is 26.4. The fourth-order valence-electron chi connectivity index (χ4n) is 6.43. The van der Waals surface area contributed by atoms with Crippen LogP contribution in [0.1, 0.15) is 54.9 Å². The van der Waals surface area contributed by atoms with E-state index < -0.39 is 47.4 Å². The number of amides is 2. The molecule has 0 radical (unpaired) electrons. The first-order chi connectivity index (χ1) is 23.1. The van der Waals surface area contributed by atoms with Gasteiger partial charge >= 0.3 is 0 Å². The number of nitrogens with one attached hydrogen (secondary N) is 3. The summed E-state index contributed by atoms with van der Waals surface area (Å²) in [5.41, 5.74) is 3.31. The molecule has 0 aliphatic heterocycles. The molecule has 0 spiro atoms. The van der Waals surface area contributed by atoms with Crippen LogP contribution in [0.5, 0.6) is 0 Å². The number of hydrogen-bond acceptors (Lipinski definition) is 6. The summed E-state index contributed by atoms with van der Waals surface area (Å²) < 4.78 is 0. The SMILES string of the molecule is O=C(N=C1C=CCc2[nH]cc(C3C(=O)C(O)C(c4c[nH]c5cccc(NC(=O)c6ccc(Cl)cc6)c45)C(=O)C3O)c21)c1ccc(Cl)cc1. The number of aliphatic hydroxyl groups is 2. The number of carbonyl (C=O) groups is 4. The quantitative estimate of drug-likeness (QED) is 0.164. The molecule has 0 saturated heterocycles. The minimum absolute atomic E-state index is 0.245. The van der Waals surface area contributed by atoms with Crippen LogP contribution in [-0.2, 0) is 16.0 Å². The summed E-state index contributed by atoms with van der Waals surface area (Å²) in [6.07, 6.45) is 3.20. The number of carbonyl (C=O) groups excluding carboxylic acids is 4. The molecule has 2 aliphatic rings. The van der Waals surface area contributed by atoms with Gasteiger partial charge in [0.25, 0.3) is 11.8 Å². The minimum atomic E-state index is -1.83. The number of allylic oxidation sites excluding steroid dienone is 2. The second-order valence-electron chi connectivity index (χ2n) is 11.6. The van der Waals surface area contributed by atoms with Crippen molar-refractivity contribution in [3.8, 4) is 0 Å². The van der Waals surface area contributed by atoms with E-state index in [9.17, 15) is 29.4 Å². The van der Waals surface area contributed by atoms with E-state index in [-0.39, 0.29) is 16.8 Å². The molecule has 2 aromatic heterocycles. The van der Waals surface area contributed by atoms with Crippen molar-refractivity contribution in [3.63, 3.8) is 0 Å². The van der Waals surface area contributed by atoms with Crippen molar-refractivity contribution in [3.05, 3.63) is 135 Å². The first-order valence-corrected chi connectivity index (χ1v) is 15.7. The molecule has 12 heteroatoms. The fraction of sp³-hybridized carbons (Fsp3) is 0.139. The highest BCUT2D eigenvalue weighted by Gasteiger charge is 2.51. The Morgan fingerprint density at radius 2 is 1.40 bits per heavy atom. The van der Waals surface area contributed by atoms with Crippen molar-refractivity contribution in [2.24, 2.45) is 4.99 Å². The summed E-state index contributed by atoms with van der Waals surface area (Å²) in [4.78, 5) is 64.4. The Hall–Kier alpha value is -5.13. The van der Waals surface area contributed by atoms with Crippen LogP contribution in [0.4, 0.5) is 5.69 Å². The maximum atomic E-state index is 14.0. The van der Waals surface area contributed by atoms with E-state index in [1.165, 1.54) is 12.4 Å². The predicted molar refractivity (Wildman–Crippen MR) is 181 cm³/mol.